The van der Waals surface area contributed by atoms with Gasteiger partial charge in [-0.25, -0.2) is 4.98 Å². The molecular formula is C36H22N2S. The lowest BCUT2D eigenvalue weighted by Gasteiger charge is -2.11. The molecular weight excluding hydrogens is 492 g/mol. The Labute approximate surface area is 229 Å². The molecule has 39 heavy (non-hydrogen) atoms. The monoisotopic (exact) mass is 514 g/mol. The lowest BCUT2D eigenvalue weighted by Crippen LogP contribution is -1.91. The Morgan fingerprint density at radius 3 is 1.92 bits per heavy atom. The number of fused-ring (bicyclic) bond motifs is 7. The van der Waals surface area contributed by atoms with Crippen LogP contribution in [0.1, 0.15) is 0 Å². The Morgan fingerprint density at radius 2 is 1.13 bits per heavy atom. The number of benzene rings is 5. The molecule has 5 aromatic carbocycles. The normalized spacial score (nSPS) is 11.6. The van der Waals surface area contributed by atoms with Gasteiger partial charge in [-0.05, 0) is 34.4 Å². The Morgan fingerprint density at radius 1 is 0.462 bits per heavy atom. The summed E-state index contributed by atoms with van der Waals surface area (Å²) in [6.07, 6.45) is 1.87. The first-order valence-corrected chi connectivity index (χ1v) is 13.9. The summed E-state index contributed by atoms with van der Waals surface area (Å²) in [6.45, 7) is 0. The van der Waals surface area contributed by atoms with Crippen molar-refractivity contribution in [3.63, 3.8) is 0 Å². The maximum atomic E-state index is 5.14. The summed E-state index contributed by atoms with van der Waals surface area (Å²) in [5, 5.41) is 4.87. The molecule has 182 valence electrons. The SMILES string of the molecule is c1ccc(-c2ccc(-c3nc4cccnc4c4c3ccc3c5cccc(-c6ccccc6)c5sc34)cc2)cc1. The van der Waals surface area contributed by atoms with Gasteiger partial charge < -0.3 is 0 Å². The summed E-state index contributed by atoms with van der Waals surface area (Å²) in [4.78, 5) is 9.99. The van der Waals surface area contributed by atoms with Gasteiger partial charge in [0, 0.05) is 42.7 Å². The van der Waals surface area contributed by atoms with E-state index in [1.165, 1.54) is 47.8 Å². The number of rotatable bonds is 3. The minimum Gasteiger partial charge on any atom is -0.254 e. The molecule has 0 aliphatic carbocycles. The molecule has 0 radical (unpaired) electrons. The molecule has 0 atom stereocenters. The Balaban J connectivity index is 1.42. The predicted octanol–water partition coefficient (Wildman–Crippen LogP) is 10.2. The van der Waals surface area contributed by atoms with E-state index in [-0.39, 0.29) is 0 Å². The van der Waals surface area contributed by atoms with E-state index in [1.54, 1.807) is 0 Å². The molecule has 0 fully saturated rings. The van der Waals surface area contributed by atoms with Crippen LogP contribution in [-0.4, -0.2) is 9.97 Å². The van der Waals surface area contributed by atoms with Crippen molar-refractivity contribution in [2.24, 2.45) is 0 Å². The van der Waals surface area contributed by atoms with Crippen molar-refractivity contribution in [1.29, 1.82) is 0 Å². The zero-order chi connectivity index (χ0) is 25.8. The first-order chi connectivity index (χ1) is 19.3. The number of hydrogen-bond acceptors (Lipinski definition) is 3. The van der Waals surface area contributed by atoms with Crippen molar-refractivity contribution in [2.75, 3.05) is 0 Å². The zero-order valence-corrected chi connectivity index (χ0v) is 21.8. The van der Waals surface area contributed by atoms with Crippen molar-refractivity contribution in [3.8, 4) is 33.5 Å². The molecule has 3 heterocycles. The fourth-order valence-electron chi connectivity index (χ4n) is 5.67. The highest BCUT2D eigenvalue weighted by Gasteiger charge is 2.18. The van der Waals surface area contributed by atoms with E-state index in [1.807, 2.05) is 23.6 Å². The van der Waals surface area contributed by atoms with Gasteiger partial charge in [0.05, 0.1) is 16.7 Å². The first kappa shape index (κ1) is 22.2. The van der Waals surface area contributed by atoms with Crippen LogP contribution >= 0.6 is 11.3 Å². The zero-order valence-electron chi connectivity index (χ0n) is 21.0. The van der Waals surface area contributed by atoms with Crippen molar-refractivity contribution < 1.29 is 0 Å². The molecule has 0 aliphatic heterocycles. The fraction of sp³-hybridized carbons (Fsp3) is 0. The maximum Gasteiger partial charge on any atom is 0.0979 e. The van der Waals surface area contributed by atoms with Crippen LogP contribution in [0.15, 0.2) is 134 Å². The van der Waals surface area contributed by atoms with E-state index in [0.717, 1.165) is 27.7 Å². The maximum absolute atomic E-state index is 5.14. The van der Waals surface area contributed by atoms with Crippen molar-refractivity contribution in [3.05, 3.63) is 134 Å². The van der Waals surface area contributed by atoms with Gasteiger partial charge in [0.2, 0.25) is 0 Å². The predicted molar refractivity (Wildman–Crippen MR) is 166 cm³/mol. The van der Waals surface area contributed by atoms with Crippen LogP contribution in [0.5, 0.6) is 0 Å². The second kappa shape index (κ2) is 8.87. The van der Waals surface area contributed by atoms with Gasteiger partial charge in [0.15, 0.2) is 0 Å². The molecule has 0 unspecified atom stereocenters. The average molecular weight is 515 g/mol. The molecule has 0 N–H and O–H groups in total. The summed E-state index contributed by atoms with van der Waals surface area (Å²) in [7, 11) is 0. The molecule has 3 aromatic heterocycles. The lowest BCUT2D eigenvalue weighted by atomic mass is 9.97. The second-order valence-corrected chi connectivity index (χ2v) is 10.8. The minimum atomic E-state index is 0.917. The summed E-state index contributed by atoms with van der Waals surface area (Å²) in [5.41, 5.74) is 8.89. The highest BCUT2D eigenvalue weighted by molar-refractivity contribution is 7.27. The number of thiophene rings is 1. The summed E-state index contributed by atoms with van der Waals surface area (Å²) in [5.74, 6) is 0. The van der Waals surface area contributed by atoms with Crippen LogP contribution < -0.4 is 0 Å². The van der Waals surface area contributed by atoms with Crippen LogP contribution in [0.2, 0.25) is 0 Å². The van der Waals surface area contributed by atoms with E-state index in [9.17, 15) is 0 Å². The third-order valence-electron chi connectivity index (χ3n) is 7.53. The number of hydrogen-bond donors (Lipinski definition) is 0. The van der Waals surface area contributed by atoms with Gasteiger partial charge in [-0.15, -0.1) is 11.3 Å². The largest absolute Gasteiger partial charge is 0.254 e. The van der Waals surface area contributed by atoms with Crippen molar-refractivity contribution >= 4 is 53.3 Å². The van der Waals surface area contributed by atoms with Crippen LogP contribution in [0.3, 0.4) is 0 Å². The van der Waals surface area contributed by atoms with Gasteiger partial charge in [-0.2, -0.15) is 0 Å². The first-order valence-electron chi connectivity index (χ1n) is 13.1. The average Bonchev–Trinajstić information content (AvgIpc) is 3.41. The molecule has 0 bridgehead atoms. The Kier molecular flexibility index (Phi) is 5.04. The fourth-order valence-corrected chi connectivity index (χ4v) is 7.06. The number of nitrogens with zero attached hydrogens (tertiary/aromatic N) is 2. The van der Waals surface area contributed by atoms with E-state index in [0.29, 0.717) is 0 Å². The molecule has 2 nitrogen and oxygen atoms in total. The minimum absolute atomic E-state index is 0.917. The van der Waals surface area contributed by atoms with Gasteiger partial charge in [-0.1, -0.05) is 115 Å². The molecule has 0 saturated heterocycles. The van der Waals surface area contributed by atoms with Crippen molar-refractivity contribution in [1.82, 2.24) is 9.97 Å². The van der Waals surface area contributed by atoms with Crippen molar-refractivity contribution in [2.45, 2.75) is 0 Å². The van der Waals surface area contributed by atoms with Gasteiger partial charge >= 0.3 is 0 Å². The number of aromatic nitrogens is 2. The van der Waals surface area contributed by atoms with Crippen LogP contribution in [0.25, 0.3) is 75.5 Å². The number of pyridine rings is 2. The highest BCUT2D eigenvalue weighted by atomic mass is 32.1. The van der Waals surface area contributed by atoms with Gasteiger partial charge in [-0.3, -0.25) is 4.98 Å². The van der Waals surface area contributed by atoms with Gasteiger partial charge in [0.1, 0.15) is 0 Å². The highest BCUT2D eigenvalue weighted by Crippen LogP contribution is 2.45. The van der Waals surface area contributed by atoms with Crippen LogP contribution in [0, 0.1) is 0 Å². The van der Waals surface area contributed by atoms with E-state index in [4.69, 9.17) is 9.97 Å². The Hall–Kier alpha value is -4.86. The third kappa shape index (κ3) is 3.55. The molecule has 0 aliphatic rings. The molecule has 0 spiro atoms. The molecule has 3 heteroatoms. The lowest BCUT2D eigenvalue weighted by molar-refractivity contribution is 1.36. The molecule has 0 saturated carbocycles. The summed E-state index contributed by atoms with van der Waals surface area (Å²) < 4.78 is 2.57. The molecule has 8 aromatic rings. The standard InChI is InChI=1S/C36H22N2S/c1-3-9-23(10-4-1)24-16-18-26(19-17-24)33-30-21-20-29-28-14-7-13-27(25-11-5-2-6-12-25)35(28)39-36(29)32(30)34-31(38-33)15-8-22-37-34/h1-22H. The topological polar surface area (TPSA) is 25.8 Å². The smallest absolute Gasteiger partial charge is 0.0979 e. The van der Waals surface area contributed by atoms with Gasteiger partial charge in [0.25, 0.3) is 0 Å². The molecule has 0 amide bonds. The van der Waals surface area contributed by atoms with Crippen LogP contribution in [-0.2, 0) is 0 Å². The summed E-state index contributed by atoms with van der Waals surface area (Å²) >= 11 is 1.86. The quantitative estimate of drug-likeness (QED) is 0.219. The summed E-state index contributed by atoms with van der Waals surface area (Å²) in [6, 6.07) is 45.1. The second-order valence-electron chi connectivity index (χ2n) is 9.79. The molecule has 8 rings (SSSR count). The van der Waals surface area contributed by atoms with Crippen LogP contribution in [0.4, 0.5) is 0 Å². The van der Waals surface area contributed by atoms with E-state index in [2.05, 4.69) is 121 Å². The van der Waals surface area contributed by atoms with E-state index < -0.39 is 0 Å². The Bertz CT molecular complexity index is 2150. The third-order valence-corrected chi connectivity index (χ3v) is 8.80. The van der Waals surface area contributed by atoms with E-state index >= 15 is 0 Å².